The molecule has 0 aliphatic carbocycles. The van der Waals surface area contributed by atoms with Gasteiger partial charge in [0.15, 0.2) is 0 Å². The quantitative estimate of drug-likeness (QED) is 0.795. The number of rotatable bonds is 2. The van der Waals surface area contributed by atoms with E-state index in [0.29, 0.717) is 15.8 Å². The molecule has 4 heteroatoms. The fraction of sp³-hybridized carbons (Fsp3) is 0.400. The van der Waals surface area contributed by atoms with Crippen LogP contribution in [0.1, 0.15) is 12.5 Å². The first-order chi connectivity index (χ1) is 6.57. The Morgan fingerprint density at radius 1 is 1.36 bits per heavy atom. The summed E-state index contributed by atoms with van der Waals surface area (Å²) in [6.07, 6.45) is 0. The fourth-order valence-corrected chi connectivity index (χ4v) is 2.03. The molecule has 1 aliphatic rings. The van der Waals surface area contributed by atoms with Crippen molar-refractivity contribution in [3.8, 4) is 5.75 Å². The van der Waals surface area contributed by atoms with Crippen LogP contribution in [0.15, 0.2) is 12.1 Å². The van der Waals surface area contributed by atoms with Crippen molar-refractivity contribution < 1.29 is 4.74 Å². The molecule has 1 heterocycles. The van der Waals surface area contributed by atoms with Crippen molar-refractivity contribution in [1.29, 1.82) is 0 Å². The van der Waals surface area contributed by atoms with Gasteiger partial charge in [0, 0.05) is 17.6 Å². The molecule has 1 atom stereocenters. The second-order valence-corrected chi connectivity index (χ2v) is 4.47. The van der Waals surface area contributed by atoms with Gasteiger partial charge < -0.3 is 10.1 Å². The Balaban J connectivity index is 2.48. The highest BCUT2D eigenvalue weighted by atomic mass is 35.5. The van der Waals surface area contributed by atoms with E-state index in [1.807, 2.05) is 6.07 Å². The highest BCUT2D eigenvalue weighted by molar-refractivity contribution is 6.34. The van der Waals surface area contributed by atoms with Crippen molar-refractivity contribution in [3.63, 3.8) is 0 Å². The summed E-state index contributed by atoms with van der Waals surface area (Å²) < 4.78 is 5.08. The standard InChI is InChI=1S/C10H11Cl2NO/c1-10(5-13-10)6-3-8(12)9(14-2)4-7(6)11/h3-4,13H,5H2,1-2H3. The number of hydrogen-bond donors (Lipinski definition) is 1. The average molecular weight is 232 g/mol. The summed E-state index contributed by atoms with van der Waals surface area (Å²) in [5, 5.41) is 4.54. The summed E-state index contributed by atoms with van der Waals surface area (Å²) in [5.74, 6) is 0.615. The molecule has 0 amide bonds. The molecule has 1 fully saturated rings. The molecule has 1 unspecified atom stereocenters. The van der Waals surface area contributed by atoms with E-state index in [0.717, 1.165) is 12.1 Å². The van der Waals surface area contributed by atoms with E-state index < -0.39 is 0 Å². The topological polar surface area (TPSA) is 31.2 Å². The second-order valence-electron chi connectivity index (χ2n) is 3.65. The van der Waals surface area contributed by atoms with Gasteiger partial charge in [0.2, 0.25) is 0 Å². The monoisotopic (exact) mass is 231 g/mol. The molecule has 1 aliphatic heterocycles. The van der Waals surface area contributed by atoms with Gasteiger partial charge in [-0.2, -0.15) is 0 Å². The van der Waals surface area contributed by atoms with Crippen LogP contribution in [0.3, 0.4) is 0 Å². The molecule has 1 N–H and O–H groups in total. The van der Waals surface area contributed by atoms with E-state index >= 15 is 0 Å². The van der Waals surface area contributed by atoms with Gasteiger partial charge in [-0.15, -0.1) is 0 Å². The van der Waals surface area contributed by atoms with Crippen LogP contribution in [0.4, 0.5) is 0 Å². The molecule has 2 nitrogen and oxygen atoms in total. The van der Waals surface area contributed by atoms with Gasteiger partial charge in [-0.3, -0.25) is 0 Å². The van der Waals surface area contributed by atoms with Gasteiger partial charge in [0.1, 0.15) is 5.75 Å². The molecular weight excluding hydrogens is 221 g/mol. The minimum absolute atomic E-state index is 0.00695. The molecular formula is C10H11Cl2NO. The summed E-state index contributed by atoms with van der Waals surface area (Å²) >= 11 is 12.2. The van der Waals surface area contributed by atoms with Gasteiger partial charge in [0.05, 0.1) is 17.7 Å². The molecule has 0 radical (unpaired) electrons. The van der Waals surface area contributed by atoms with Gasteiger partial charge in [-0.1, -0.05) is 23.2 Å². The molecule has 1 saturated heterocycles. The lowest BCUT2D eigenvalue weighted by Gasteiger charge is -2.12. The van der Waals surface area contributed by atoms with Crippen LogP contribution < -0.4 is 10.1 Å². The molecule has 2 rings (SSSR count). The Labute approximate surface area is 93.2 Å². The highest BCUT2D eigenvalue weighted by Crippen LogP contribution is 2.40. The third-order valence-electron chi connectivity index (χ3n) is 2.54. The van der Waals surface area contributed by atoms with Crippen LogP contribution in [0.25, 0.3) is 0 Å². The SMILES string of the molecule is COc1cc(Cl)c(C2(C)CN2)cc1Cl. The predicted octanol–water partition coefficient (Wildman–Crippen LogP) is 2.82. The number of methoxy groups -OCH3 is 1. The van der Waals surface area contributed by atoms with Gasteiger partial charge >= 0.3 is 0 Å². The first-order valence-electron chi connectivity index (χ1n) is 4.35. The maximum atomic E-state index is 6.13. The lowest BCUT2D eigenvalue weighted by molar-refractivity contribution is 0.415. The van der Waals surface area contributed by atoms with E-state index in [-0.39, 0.29) is 5.54 Å². The molecule has 0 saturated carbocycles. The molecule has 0 aromatic heterocycles. The number of halogens is 2. The van der Waals surface area contributed by atoms with E-state index in [1.54, 1.807) is 13.2 Å². The predicted molar refractivity (Wildman–Crippen MR) is 58.4 cm³/mol. The summed E-state index contributed by atoms with van der Waals surface area (Å²) in [6.45, 7) is 3.03. The minimum atomic E-state index is -0.00695. The third-order valence-corrected chi connectivity index (χ3v) is 3.15. The van der Waals surface area contributed by atoms with E-state index in [1.165, 1.54) is 0 Å². The van der Waals surface area contributed by atoms with Crippen LogP contribution in [0.5, 0.6) is 5.75 Å². The van der Waals surface area contributed by atoms with Crippen molar-refractivity contribution in [3.05, 3.63) is 27.7 Å². The molecule has 0 bridgehead atoms. The summed E-state index contributed by atoms with van der Waals surface area (Å²) in [5.41, 5.74) is 1.03. The van der Waals surface area contributed by atoms with Crippen LogP contribution in [0.2, 0.25) is 10.0 Å². The summed E-state index contributed by atoms with van der Waals surface area (Å²) in [4.78, 5) is 0. The number of benzene rings is 1. The van der Waals surface area contributed by atoms with Crippen molar-refractivity contribution in [1.82, 2.24) is 5.32 Å². The zero-order valence-electron chi connectivity index (χ0n) is 8.03. The minimum Gasteiger partial charge on any atom is -0.495 e. The van der Waals surface area contributed by atoms with Crippen LogP contribution in [-0.2, 0) is 5.54 Å². The largest absolute Gasteiger partial charge is 0.495 e. The van der Waals surface area contributed by atoms with Gasteiger partial charge in [-0.25, -0.2) is 0 Å². The Morgan fingerprint density at radius 3 is 2.50 bits per heavy atom. The van der Waals surface area contributed by atoms with Crippen molar-refractivity contribution in [2.45, 2.75) is 12.5 Å². The van der Waals surface area contributed by atoms with E-state index in [2.05, 4.69) is 12.2 Å². The van der Waals surface area contributed by atoms with Crippen molar-refractivity contribution >= 4 is 23.2 Å². The molecule has 76 valence electrons. The highest BCUT2D eigenvalue weighted by Gasteiger charge is 2.40. The number of nitrogens with one attached hydrogen (secondary N) is 1. The van der Waals surface area contributed by atoms with Crippen molar-refractivity contribution in [2.75, 3.05) is 13.7 Å². The second kappa shape index (κ2) is 3.30. The maximum absolute atomic E-state index is 6.13. The number of ether oxygens (including phenoxy) is 1. The number of hydrogen-bond acceptors (Lipinski definition) is 2. The average Bonchev–Trinajstić information content (AvgIpc) is 2.88. The van der Waals surface area contributed by atoms with Crippen molar-refractivity contribution in [2.24, 2.45) is 0 Å². The Kier molecular flexibility index (Phi) is 2.38. The lowest BCUT2D eigenvalue weighted by atomic mass is 10.0. The Hall–Kier alpha value is -0.440. The Morgan fingerprint density at radius 2 is 2.00 bits per heavy atom. The summed E-state index contributed by atoms with van der Waals surface area (Å²) in [7, 11) is 1.58. The van der Waals surface area contributed by atoms with E-state index in [9.17, 15) is 0 Å². The zero-order chi connectivity index (χ0) is 10.3. The first kappa shape index (κ1) is 10.1. The fourth-order valence-electron chi connectivity index (χ4n) is 1.43. The summed E-state index contributed by atoms with van der Waals surface area (Å²) in [6, 6.07) is 3.62. The van der Waals surface area contributed by atoms with Crippen LogP contribution in [0, 0.1) is 0 Å². The molecule has 1 aromatic rings. The zero-order valence-corrected chi connectivity index (χ0v) is 9.54. The van der Waals surface area contributed by atoms with Gasteiger partial charge in [-0.05, 0) is 18.6 Å². The van der Waals surface area contributed by atoms with Gasteiger partial charge in [0.25, 0.3) is 0 Å². The van der Waals surface area contributed by atoms with E-state index in [4.69, 9.17) is 27.9 Å². The van der Waals surface area contributed by atoms with Crippen LogP contribution in [-0.4, -0.2) is 13.7 Å². The Bertz CT molecular complexity index is 375. The molecule has 1 aromatic carbocycles. The molecule has 0 spiro atoms. The lowest BCUT2D eigenvalue weighted by Crippen LogP contribution is -2.07. The molecule has 14 heavy (non-hydrogen) atoms. The third kappa shape index (κ3) is 1.58. The first-order valence-corrected chi connectivity index (χ1v) is 5.11. The van der Waals surface area contributed by atoms with Crippen LogP contribution >= 0.6 is 23.2 Å². The smallest absolute Gasteiger partial charge is 0.138 e. The normalized spacial score (nSPS) is 24.9. The maximum Gasteiger partial charge on any atom is 0.138 e.